The van der Waals surface area contributed by atoms with E-state index in [0.29, 0.717) is 45.5 Å². The van der Waals surface area contributed by atoms with Gasteiger partial charge in [-0.15, -0.1) is 23.2 Å². The van der Waals surface area contributed by atoms with E-state index in [0.717, 1.165) is 43.5 Å². The van der Waals surface area contributed by atoms with Crippen LogP contribution in [0.5, 0.6) is 11.5 Å². The number of aromatic nitrogens is 2. The number of carbonyl (C=O) groups excluding carboxylic acids is 3. The zero-order chi connectivity index (χ0) is 57.5. The number of aromatic amines is 1. The van der Waals surface area contributed by atoms with Crippen LogP contribution in [-0.2, 0) is 27.4 Å². The molecular weight excluding hydrogens is 1080 g/mol. The molecule has 418 valence electrons. The summed E-state index contributed by atoms with van der Waals surface area (Å²) in [4.78, 5) is 70.6. The van der Waals surface area contributed by atoms with E-state index in [9.17, 15) is 34.2 Å². The molecule has 0 saturated carbocycles. The number of fused-ring (bicyclic) bond motifs is 9. The molecule has 2 amide bonds. The number of amides is 2. The number of halogens is 2. The second kappa shape index (κ2) is 22.6. The molecule has 0 radical (unpaired) electrons. The Hall–Kier alpha value is -8.47. The molecule has 1 aliphatic carbocycles. The van der Waals surface area contributed by atoms with Gasteiger partial charge in [-0.25, -0.2) is 28.5 Å². The Labute approximate surface area is 477 Å². The van der Waals surface area contributed by atoms with Gasteiger partial charge in [0.1, 0.15) is 59.4 Å². The summed E-state index contributed by atoms with van der Waals surface area (Å²) >= 11 is 12.8. The summed E-state index contributed by atoms with van der Waals surface area (Å²) < 4.78 is 30.7. The van der Waals surface area contributed by atoms with Crippen LogP contribution >= 0.6 is 23.2 Å². The van der Waals surface area contributed by atoms with Gasteiger partial charge in [0.15, 0.2) is 0 Å². The Morgan fingerprint density at radius 3 is 1.58 bits per heavy atom. The first-order chi connectivity index (χ1) is 38.7. The van der Waals surface area contributed by atoms with Gasteiger partial charge in [0, 0.05) is 65.5 Å². The van der Waals surface area contributed by atoms with Crippen LogP contribution in [0, 0.1) is 0 Å². The smallest absolute Gasteiger partial charge is 0.419 e. The third kappa shape index (κ3) is 11.4. The standard InChI is InChI=1S/C34H27ClN2O5.C29H33ClN2O7/c35-16-21-17-37(34(40)42-19-27-24-12-6-4-10-22(24)23-11-5-7-13-25(23)27)29-15-30(41-18-20-8-2-1-3-9-20)32-26(31(21)29)14-28(36-32)33(38)39;1-28(2,3)38-26(35)31-15-18(14-30)23-19-12-21(25(33)34)32(27(36)39-29(4,5)6)24(19)22(13-20(23)31)37-16-17-10-8-7-9-11-17/h1-15,21,27,36H,16-19H2,(H,38,39);7-13,18H,14-16H2,1-6H3,(H,33,34). The molecule has 2 atom stereocenters. The van der Waals surface area contributed by atoms with Gasteiger partial charge in [0.05, 0.1) is 16.9 Å². The fraction of sp³-hybridized carbons (Fsp3) is 0.286. The van der Waals surface area contributed by atoms with Gasteiger partial charge in [-0.2, -0.15) is 0 Å². The second-order valence-corrected chi connectivity index (χ2v) is 22.7. The number of anilines is 2. The van der Waals surface area contributed by atoms with Crippen LogP contribution in [0.4, 0.5) is 25.8 Å². The first kappa shape index (κ1) is 55.8. The lowest BCUT2D eigenvalue weighted by atomic mass is 9.98. The van der Waals surface area contributed by atoms with Crippen LogP contribution < -0.4 is 19.3 Å². The second-order valence-electron chi connectivity index (χ2n) is 22.1. The topological polar surface area (TPSA) is 199 Å². The number of nitrogens with zero attached hydrogens (tertiary/aromatic N) is 3. The lowest BCUT2D eigenvalue weighted by molar-refractivity contribution is 0.0511. The average molecular weight is 1140 g/mol. The Morgan fingerprint density at radius 1 is 0.580 bits per heavy atom. The third-order valence-corrected chi connectivity index (χ3v) is 15.0. The minimum atomic E-state index is -1.32. The molecule has 0 spiro atoms. The van der Waals surface area contributed by atoms with Gasteiger partial charge in [-0.1, -0.05) is 109 Å². The number of alkyl halides is 2. The van der Waals surface area contributed by atoms with Crippen molar-refractivity contribution >= 4 is 86.6 Å². The van der Waals surface area contributed by atoms with Gasteiger partial charge >= 0.3 is 30.2 Å². The third-order valence-electron chi connectivity index (χ3n) is 14.2. The molecule has 2 aromatic heterocycles. The van der Waals surface area contributed by atoms with E-state index in [1.54, 1.807) is 64.6 Å². The lowest BCUT2D eigenvalue weighted by Gasteiger charge is -2.25. The summed E-state index contributed by atoms with van der Waals surface area (Å²) in [6.45, 7) is 11.6. The highest BCUT2D eigenvalue weighted by molar-refractivity contribution is 6.19. The molecule has 16 nitrogen and oxygen atoms in total. The monoisotopic (exact) mass is 1130 g/mol. The lowest BCUT2D eigenvalue weighted by Crippen LogP contribution is -2.36. The predicted molar refractivity (Wildman–Crippen MR) is 310 cm³/mol. The first-order valence-electron chi connectivity index (χ1n) is 26.4. The zero-order valence-electron chi connectivity index (χ0n) is 45.5. The van der Waals surface area contributed by atoms with Gasteiger partial charge in [-0.05, 0) is 98.2 Å². The van der Waals surface area contributed by atoms with Crippen molar-refractivity contribution in [3.63, 3.8) is 0 Å². The summed E-state index contributed by atoms with van der Waals surface area (Å²) in [7, 11) is 0. The molecule has 0 bridgehead atoms. The molecule has 81 heavy (non-hydrogen) atoms. The number of aromatic carboxylic acids is 2. The van der Waals surface area contributed by atoms with E-state index in [2.05, 4.69) is 29.2 Å². The van der Waals surface area contributed by atoms with Crippen LogP contribution in [-0.4, -0.2) is 92.6 Å². The first-order valence-corrected chi connectivity index (χ1v) is 27.5. The number of hydrogen-bond acceptors (Lipinski definition) is 10. The number of nitrogens with one attached hydrogen (secondary N) is 1. The molecule has 8 aromatic rings. The Balaban J connectivity index is 0.000000183. The number of ether oxygens (including phenoxy) is 5. The molecule has 0 fully saturated rings. The maximum Gasteiger partial charge on any atom is 0.419 e. The molecule has 2 aliphatic heterocycles. The van der Waals surface area contributed by atoms with E-state index in [-0.39, 0.29) is 78.5 Å². The number of carboxylic acids is 2. The van der Waals surface area contributed by atoms with Gasteiger partial charge in [0.2, 0.25) is 0 Å². The van der Waals surface area contributed by atoms with Crippen molar-refractivity contribution in [2.75, 3.05) is 41.3 Å². The van der Waals surface area contributed by atoms with Crippen LogP contribution in [0.3, 0.4) is 0 Å². The van der Waals surface area contributed by atoms with Gasteiger partial charge < -0.3 is 38.9 Å². The molecule has 3 aliphatic rings. The largest absolute Gasteiger partial charge is 0.487 e. The fourth-order valence-corrected chi connectivity index (χ4v) is 11.3. The molecule has 6 aromatic carbocycles. The van der Waals surface area contributed by atoms with Crippen molar-refractivity contribution in [1.29, 1.82) is 0 Å². The number of carboxylic acid groups (broad SMARTS) is 2. The molecular formula is C63H60Cl2N4O12. The summed E-state index contributed by atoms with van der Waals surface area (Å²) in [6, 6.07) is 41.9. The van der Waals surface area contributed by atoms with Crippen molar-refractivity contribution in [2.24, 2.45) is 0 Å². The Bertz CT molecular complexity index is 3690. The maximum absolute atomic E-state index is 13.7. The van der Waals surface area contributed by atoms with Crippen molar-refractivity contribution in [2.45, 2.75) is 83.7 Å². The maximum atomic E-state index is 13.7. The summed E-state index contributed by atoms with van der Waals surface area (Å²) in [5.74, 6) is -1.92. The molecule has 2 unspecified atom stereocenters. The van der Waals surface area contributed by atoms with Crippen molar-refractivity contribution in [1.82, 2.24) is 9.55 Å². The molecule has 18 heteroatoms. The highest BCUT2D eigenvalue weighted by Gasteiger charge is 2.41. The number of H-pyrrole nitrogens is 1. The van der Waals surface area contributed by atoms with Crippen LogP contribution in [0.2, 0.25) is 0 Å². The quantitative estimate of drug-likeness (QED) is 0.0774. The Kier molecular flexibility index (Phi) is 15.6. The summed E-state index contributed by atoms with van der Waals surface area (Å²) in [6.07, 6.45) is -1.90. The number of benzene rings is 6. The average Bonchev–Trinajstić information content (AvgIpc) is 4.48. The number of carbonyl (C=O) groups is 5. The zero-order valence-corrected chi connectivity index (χ0v) is 47.0. The summed E-state index contributed by atoms with van der Waals surface area (Å²) in [5.41, 5.74) is 7.91. The highest BCUT2D eigenvalue weighted by atomic mass is 35.5. The van der Waals surface area contributed by atoms with Crippen molar-refractivity contribution < 1.29 is 57.9 Å². The van der Waals surface area contributed by atoms with Crippen LogP contribution in [0.25, 0.3) is 32.9 Å². The van der Waals surface area contributed by atoms with Gasteiger partial charge in [-0.3, -0.25) is 9.80 Å². The van der Waals surface area contributed by atoms with E-state index in [4.69, 9.17) is 46.9 Å². The summed E-state index contributed by atoms with van der Waals surface area (Å²) in [5, 5.41) is 20.9. The Morgan fingerprint density at radius 2 is 1.06 bits per heavy atom. The molecule has 0 saturated heterocycles. The van der Waals surface area contributed by atoms with E-state index >= 15 is 0 Å². The minimum Gasteiger partial charge on any atom is -0.487 e. The molecule has 11 rings (SSSR count). The van der Waals surface area contributed by atoms with Gasteiger partial charge in [0.25, 0.3) is 0 Å². The predicted octanol–water partition coefficient (Wildman–Crippen LogP) is 14.3. The fourth-order valence-electron chi connectivity index (χ4n) is 10.8. The van der Waals surface area contributed by atoms with Crippen LogP contribution in [0.1, 0.15) is 114 Å². The van der Waals surface area contributed by atoms with Crippen molar-refractivity contribution in [3.05, 3.63) is 178 Å². The van der Waals surface area contributed by atoms with E-state index < -0.39 is 41.4 Å². The normalized spacial score (nSPS) is 15.3. The van der Waals surface area contributed by atoms with Crippen molar-refractivity contribution in [3.8, 4) is 22.6 Å². The van der Waals surface area contributed by atoms with Crippen LogP contribution in [0.15, 0.2) is 133 Å². The minimum absolute atomic E-state index is 0.0378. The SMILES string of the molecule is CC(C)(C)OC(=O)N1CC(CCl)c2c1cc(OCc1ccccc1)c1c2cc(C(=O)O)n1C(=O)OC(C)(C)C.O=C(O)c1cc2c3c(cc(OCc4ccccc4)c2[nH]1)N(C(=O)OCC1c2ccccc2-c2ccccc21)CC3CCl. The number of rotatable bonds is 12. The molecule has 4 heterocycles. The van der Waals surface area contributed by atoms with E-state index in [1.807, 2.05) is 84.9 Å². The van der Waals surface area contributed by atoms with E-state index in [1.165, 1.54) is 11.0 Å². The highest BCUT2D eigenvalue weighted by Crippen LogP contribution is 2.50. The molecule has 3 N–H and O–H groups in total. The number of hydrogen-bond donors (Lipinski definition) is 3.